The fourth-order valence-electron chi connectivity index (χ4n) is 1.49. The van der Waals surface area contributed by atoms with E-state index in [4.69, 9.17) is 10.5 Å². The van der Waals surface area contributed by atoms with Crippen LogP contribution in [0.3, 0.4) is 0 Å². The van der Waals surface area contributed by atoms with Crippen molar-refractivity contribution in [1.29, 1.82) is 0 Å². The molecule has 1 aromatic rings. The van der Waals surface area contributed by atoms with E-state index >= 15 is 0 Å². The second kappa shape index (κ2) is 7.00. The number of benzene rings is 1. The lowest BCUT2D eigenvalue weighted by molar-refractivity contribution is 0.0602. The SMILES string of the molecule is COC(=O)c1cc(N)ccc1NCCCS(C)=O. The summed E-state index contributed by atoms with van der Waals surface area (Å²) in [6.45, 7) is 0.646. The van der Waals surface area contributed by atoms with E-state index < -0.39 is 16.8 Å². The highest BCUT2D eigenvalue weighted by atomic mass is 32.2. The van der Waals surface area contributed by atoms with Gasteiger partial charge in [0, 0.05) is 40.7 Å². The molecule has 0 spiro atoms. The molecule has 0 saturated heterocycles. The molecule has 1 atom stereocenters. The van der Waals surface area contributed by atoms with Gasteiger partial charge in [-0.25, -0.2) is 4.79 Å². The Labute approximate surface area is 109 Å². The average molecular weight is 270 g/mol. The van der Waals surface area contributed by atoms with E-state index in [9.17, 15) is 9.00 Å². The second-order valence-corrected chi connectivity index (χ2v) is 5.41. The van der Waals surface area contributed by atoms with E-state index in [0.717, 1.165) is 6.42 Å². The number of ether oxygens (including phenoxy) is 1. The molecule has 100 valence electrons. The average Bonchev–Trinajstić information content (AvgIpc) is 2.34. The molecular weight excluding hydrogens is 252 g/mol. The van der Waals surface area contributed by atoms with Crippen LogP contribution in [-0.4, -0.2) is 35.8 Å². The zero-order chi connectivity index (χ0) is 13.5. The van der Waals surface area contributed by atoms with Crippen LogP contribution in [0, 0.1) is 0 Å². The topological polar surface area (TPSA) is 81.4 Å². The number of anilines is 2. The van der Waals surface area contributed by atoms with Crippen LogP contribution in [0.1, 0.15) is 16.8 Å². The Balaban J connectivity index is 2.69. The van der Waals surface area contributed by atoms with Crippen molar-refractivity contribution in [3.05, 3.63) is 23.8 Å². The highest BCUT2D eigenvalue weighted by Crippen LogP contribution is 2.19. The van der Waals surface area contributed by atoms with Gasteiger partial charge in [-0.3, -0.25) is 4.21 Å². The van der Waals surface area contributed by atoms with Crippen molar-refractivity contribution in [1.82, 2.24) is 0 Å². The number of hydrogen-bond acceptors (Lipinski definition) is 5. The summed E-state index contributed by atoms with van der Waals surface area (Å²) in [6, 6.07) is 5.03. The summed E-state index contributed by atoms with van der Waals surface area (Å²) in [7, 11) is 0.534. The molecule has 0 aliphatic heterocycles. The van der Waals surface area contributed by atoms with E-state index in [1.165, 1.54) is 7.11 Å². The molecule has 5 nitrogen and oxygen atoms in total. The maximum absolute atomic E-state index is 11.6. The van der Waals surface area contributed by atoms with E-state index in [2.05, 4.69) is 5.32 Å². The molecular formula is C12H18N2O3S. The largest absolute Gasteiger partial charge is 0.465 e. The third-order valence-corrected chi connectivity index (χ3v) is 3.24. The van der Waals surface area contributed by atoms with Gasteiger partial charge in [-0.2, -0.15) is 0 Å². The van der Waals surface area contributed by atoms with Crippen molar-refractivity contribution in [2.24, 2.45) is 0 Å². The molecule has 1 aromatic carbocycles. The number of carbonyl (C=O) groups excluding carboxylic acids is 1. The van der Waals surface area contributed by atoms with Gasteiger partial charge in [-0.05, 0) is 24.6 Å². The molecule has 1 unspecified atom stereocenters. The molecule has 0 radical (unpaired) electrons. The summed E-state index contributed by atoms with van der Waals surface area (Å²) in [4.78, 5) is 11.6. The number of esters is 1. The molecule has 0 aromatic heterocycles. The first kappa shape index (κ1) is 14.5. The standard InChI is InChI=1S/C12H18N2O3S/c1-17-12(15)10-8-9(13)4-5-11(10)14-6-3-7-18(2)16/h4-5,8,14H,3,6-7,13H2,1-2H3. The molecule has 0 amide bonds. The smallest absolute Gasteiger partial charge is 0.340 e. The number of nitrogen functional groups attached to an aromatic ring is 1. The van der Waals surface area contributed by atoms with Gasteiger partial charge in [0.25, 0.3) is 0 Å². The van der Waals surface area contributed by atoms with Crippen LogP contribution in [0.15, 0.2) is 18.2 Å². The van der Waals surface area contributed by atoms with Crippen molar-refractivity contribution in [3.8, 4) is 0 Å². The van der Waals surface area contributed by atoms with Crippen molar-refractivity contribution in [3.63, 3.8) is 0 Å². The number of hydrogen-bond donors (Lipinski definition) is 2. The van der Waals surface area contributed by atoms with Crippen LogP contribution in [0.25, 0.3) is 0 Å². The Bertz CT molecular complexity index is 449. The Hall–Kier alpha value is -1.56. The van der Waals surface area contributed by atoms with Gasteiger partial charge in [0.2, 0.25) is 0 Å². The Morgan fingerprint density at radius 2 is 2.22 bits per heavy atom. The first-order valence-electron chi connectivity index (χ1n) is 5.56. The minimum atomic E-state index is -0.794. The summed E-state index contributed by atoms with van der Waals surface area (Å²) < 4.78 is 15.6. The van der Waals surface area contributed by atoms with Gasteiger partial charge in [-0.15, -0.1) is 0 Å². The third kappa shape index (κ3) is 4.37. The maximum Gasteiger partial charge on any atom is 0.340 e. The summed E-state index contributed by atoms with van der Waals surface area (Å²) in [5.41, 5.74) is 7.24. The summed E-state index contributed by atoms with van der Waals surface area (Å²) in [5.74, 6) is 0.207. The second-order valence-electron chi connectivity index (χ2n) is 3.85. The molecule has 18 heavy (non-hydrogen) atoms. The van der Waals surface area contributed by atoms with Crippen molar-refractivity contribution in [2.45, 2.75) is 6.42 Å². The van der Waals surface area contributed by atoms with Crippen LogP contribution in [0.5, 0.6) is 0 Å². The number of carbonyl (C=O) groups is 1. The lowest BCUT2D eigenvalue weighted by atomic mass is 10.1. The zero-order valence-corrected chi connectivity index (χ0v) is 11.4. The van der Waals surface area contributed by atoms with Crippen molar-refractivity contribution in [2.75, 3.05) is 36.7 Å². The lowest BCUT2D eigenvalue weighted by Gasteiger charge is -2.11. The molecule has 3 N–H and O–H groups in total. The monoisotopic (exact) mass is 270 g/mol. The molecule has 0 aliphatic rings. The number of nitrogens with two attached hydrogens (primary N) is 1. The fourth-order valence-corrected chi connectivity index (χ4v) is 2.04. The van der Waals surface area contributed by atoms with Gasteiger partial charge in [0.15, 0.2) is 0 Å². The quantitative estimate of drug-likeness (QED) is 0.462. The van der Waals surface area contributed by atoms with Crippen LogP contribution in [0.4, 0.5) is 11.4 Å². The minimum Gasteiger partial charge on any atom is -0.465 e. The number of nitrogens with one attached hydrogen (secondary N) is 1. The predicted octanol–water partition coefficient (Wildman–Crippen LogP) is 1.24. The fraction of sp³-hybridized carbons (Fsp3) is 0.417. The number of methoxy groups -OCH3 is 1. The van der Waals surface area contributed by atoms with Crippen LogP contribution in [0.2, 0.25) is 0 Å². The molecule has 1 rings (SSSR count). The Morgan fingerprint density at radius 3 is 2.83 bits per heavy atom. The van der Waals surface area contributed by atoms with Crippen LogP contribution >= 0.6 is 0 Å². The zero-order valence-electron chi connectivity index (χ0n) is 10.6. The van der Waals surface area contributed by atoms with E-state index in [1.54, 1.807) is 24.5 Å². The van der Waals surface area contributed by atoms with Crippen molar-refractivity contribution < 1.29 is 13.7 Å². The molecule has 0 aliphatic carbocycles. The molecule has 6 heteroatoms. The highest BCUT2D eigenvalue weighted by molar-refractivity contribution is 7.84. The van der Waals surface area contributed by atoms with Gasteiger partial charge < -0.3 is 15.8 Å². The van der Waals surface area contributed by atoms with Gasteiger partial charge >= 0.3 is 5.97 Å². The summed E-state index contributed by atoms with van der Waals surface area (Å²) in [6.07, 6.45) is 2.44. The van der Waals surface area contributed by atoms with E-state index in [-0.39, 0.29) is 0 Å². The first-order chi connectivity index (χ1) is 8.54. The first-order valence-corrected chi connectivity index (χ1v) is 7.29. The minimum absolute atomic E-state index is 0.412. The lowest BCUT2D eigenvalue weighted by Crippen LogP contribution is -2.11. The Kier molecular flexibility index (Phi) is 5.64. The molecule has 0 bridgehead atoms. The van der Waals surface area contributed by atoms with Crippen molar-refractivity contribution >= 4 is 28.1 Å². The number of rotatable bonds is 6. The predicted molar refractivity (Wildman–Crippen MR) is 74.2 cm³/mol. The molecule has 0 heterocycles. The van der Waals surface area contributed by atoms with Gasteiger partial charge in [0.1, 0.15) is 0 Å². The third-order valence-electron chi connectivity index (χ3n) is 2.37. The Morgan fingerprint density at radius 1 is 1.50 bits per heavy atom. The van der Waals surface area contributed by atoms with Gasteiger partial charge in [-0.1, -0.05) is 0 Å². The summed E-state index contributed by atoms with van der Waals surface area (Å²) in [5, 5.41) is 3.12. The molecule has 0 fully saturated rings. The highest BCUT2D eigenvalue weighted by Gasteiger charge is 2.11. The normalized spacial score (nSPS) is 11.9. The van der Waals surface area contributed by atoms with Crippen LogP contribution in [-0.2, 0) is 15.5 Å². The van der Waals surface area contributed by atoms with Crippen LogP contribution < -0.4 is 11.1 Å². The van der Waals surface area contributed by atoms with E-state index in [1.807, 2.05) is 0 Å². The maximum atomic E-state index is 11.6. The van der Waals surface area contributed by atoms with E-state index in [0.29, 0.717) is 29.2 Å². The molecule has 0 saturated carbocycles. The summed E-state index contributed by atoms with van der Waals surface area (Å²) >= 11 is 0. The van der Waals surface area contributed by atoms with Gasteiger partial charge in [0.05, 0.1) is 12.7 Å².